The Labute approximate surface area is 107 Å². The van der Waals surface area contributed by atoms with Gasteiger partial charge < -0.3 is 15.7 Å². The average molecular weight is 252 g/mol. The molecule has 0 amide bonds. The fourth-order valence-corrected chi connectivity index (χ4v) is 2.60. The number of rotatable bonds is 2. The maximum Gasteiger partial charge on any atom is 0.123 e. The number of hydrogen-bond donors (Lipinski definition) is 2. The molecule has 1 aromatic carbocycles. The standard InChI is InChI=1S/C14H21FN2O/c1-10(16)12-8-11(15)4-5-13(12)17-7-3-6-14(2,18)9-17/h4-5,8,10,18H,3,6-7,9,16H2,1-2H3/t10-,14?/m0/s1. The number of piperidine rings is 1. The highest BCUT2D eigenvalue weighted by Gasteiger charge is 2.29. The molecule has 1 unspecified atom stereocenters. The van der Waals surface area contributed by atoms with Crippen molar-refractivity contribution in [3.05, 3.63) is 29.6 Å². The molecular weight excluding hydrogens is 231 g/mol. The van der Waals surface area contributed by atoms with Crippen molar-refractivity contribution in [3.8, 4) is 0 Å². The number of β-amino-alcohol motifs (C(OH)–C–C–N with tert-alkyl or cyclic N) is 1. The van der Waals surface area contributed by atoms with Crippen LogP contribution in [-0.4, -0.2) is 23.8 Å². The molecule has 1 heterocycles. The van der Waals surface area contributed by atoms with Crippen LogP contribution >= 0.6 is 0 Å². The Morgan fingerprint density at radius 2 is 2.22 bits per heavy atom. The van der Waals surface area contributed by atoms with Crippen LogP contribution in [-0.2, 0) is 0 Å². The highest BCUT2D eigenvalue weighted by Crippen LogP contribution is 2.31. The summed E-state index contributed by atoms with van der Waals surface area (Å²) >= 11 is 0. The van der Waals surface area contributed by atoms with Crippen molar-refractivity contribution in [1.82, 2.24) is 0 Å². The number of anilines is 1. The van der Waals surface area contributed by atoms with Crippen molar-refractivity contribution in [1.29, 1.82) is 0 Å². The summed E-state index contributed by atoms with van der Waals surface area (Å²) in [5, 5.41) is 10.1. The zero-order chi connectivity index (χ0) is 13.3. The number of nitrogens with two attached hydrogens (primary N) is 1. The second kappa shape index (κ2) is 4.86. The molecule has 0 spiro atoms. The first kappa shape index (κ1) is 13.3. The maximum absolute atomic E-state index is 13.3. The van der Waals surface area contributed by atoms with Gasteiger partial charge in [0.2, 0.25) is 0 Å². The Kier molecular flexibility index (Phi) is 3.59. The third-order valence-corrected chi connectivity index (χ3v) is 3.50. The molecule has 0 saturated carbocycles. The number of halogens is 1. The third-order valence-electron chi connectivity index (χ3n) is 3.50. The second-order valence-corrected chi connectivity index (χ2v) is 5.51. The molecule has 2 rings (SSSR count). The van der Waals surface area contributed by atoms with Gasteiger partial charge in [-0.1, -0.05) is 0 Å². The summed E-state index contributed by atoms with van der Waals surface area (Å²) < 4.78 is 13.3. The van der Waals surface area contributed by atoms with Crippen molar-refractivity contribution < 1.29 is 9.50 Å². The normalized spacial score (nSPS) is 26.2. The number of aliphatic hydroxyl groups is 1. The van der Waals surface area contributed by atoms with E-state index in [2.05, 4.69) is 4.90 Å². The molecular formula is C14H21FN2O. The van der Waals surface area contributed by atoms with Crippen molar-refractivity contribution in [2.75, 3.05) is 18.0 Å². The zero-order valence-corrected chi connectivity index (χ0v) is 11.0. The van der Waals surface area contributed by atoms with Gasteiger partial charge in [0, 0.05) is 24.8 Å². The lowest BCUT2D eigenvalue weighted by atomic mass is 9.93. The summed E-state index contributed by atoms with van der Waals surface area (Å²) in [5.41, 5.74) is 6.96. The molecule has 0 aliphatic carbocycles. The average Bonchev–Trinajstić information content (AvgIpc) is 2.27. The summed E-state index contributed by atoms with van der Waals surface area (Å²) in [7, 11) is 0. The molecule has 3 nitrogen and oxygen atoms in total. The first-order valence-corrected chi connectivity index (χ1v) is 6.41. The highest BCUT2D eigenvalue weighted by atomic mass is 19.1. The summed E-state index contributed by atoms with van der Waals surface area (Å²) in [4.78, 5) is 2.10. The van der Waals surface area contributed by atoms with Gasteiger partial charge in [-0.3, -0.25) is 0 Å². The van der Waals surface area contributed by atoms with E-state index in [-0.39, 0.29) is 11.9 Å². The molecule has 18 heavy (non-hydrogen) atoms. The van der Waals surface area contributed by atoms with Gasteiger partial charge >= 0.3 is 0 Å². The molecule has 1 aliphatic heterocycles. The van der Waals surface area contributed by atoms with Crippen LogP contribution in [0.4, 0.5) is 10.1 Å². The minimum absolute atomic E-state index is 0.220. The minimum atomic E-state index is -0.679. The molecule has 4 heteroatoms. The summed E-state index contributed by atoms with van der Waals surface area (Å²) in [6, 6.07) is 4.48. The Hall–Kier alpha value is -1.13. The molecule has 3 N–H and O–H groups in total. The molecule has 1 saturated heterocycles. The molecule has 0 aromatic heterocycles. The van der Waals surface area contributed by atoms with Crippen LogP contribution in [0.15, 0.2) is 18.2 Å². The Bertz CT molecular complexity index is 432. The van der Waals surface area contributed by atoms with Crippen LogP contribution < -0.4 is 10.6 Å². The van der Waals surface area contributed by atoms with E-state index < -0.39 is 5.60 Å². The number of hydrogen-bond acceptors (Lipinski definition) is 3. The van der Waals surface area contributed by atoms with Gasteiger partial charge in [0.05, 0.1) is 5.60 Å². The fraction of sp³-hybridized carbons (Fsp3) is 0.571. The third kappa shape index (κ3) is 2.82. The first-order valence-electron chi connectivity index (χ1n) is 6.41. The van der Waals surface area contributed by atoms with Gasteiger partial charge in [-0.2, -0.15) is 0 Å². The Balaban J connectivity index is 2.32. The lowest BCUT2D eigenvalue weighted by Crippen LogP contribution is -2.46. The minimum Gasteiger partial charge on any atom is -0.388 e. The molecule has 0 radical (unpaired) electrons. The number of benzene rings is 1. The van der Waals surface area contributed by atoms with Crippen LogP contribution in [0.25, 0.3) is 0 Å². The summed E-state index contributed by atoms with van der Waals surface area (Å²) in [6.45, 7) is 5.13. The van der Waals surface area contributed by atoms with E-state index in [0.717, 1.165) is 30.6 Å². The van der Waals surface area contributed by atoms with Crippen LogP contribution in [0.2, 0.25) is 0 Å². The second-order valence-electron chi connectivity index (χ2n) is 5.51. The van der Waals surface area contributed by atoms with E-state index >= 15 is 0 Å². The molecule has 100 valence electrons. The Morgan fingerprint density at radius 1 is 1.50 bits per heavy atom. The largest absolute Gasteiger partial charge is 0.388 e. The summed E-state index contributed by atoms with van der Waals surface area (Å²) in [5.74, 6) is -0.269. The lowest BCUT2D eigenvalue weighted by Gasteiger charge is -2.39. The van der Waals surface area contributed by atoms with Crippen molar-refractivity contribution in [2.45, 2.75) is 38.3 Å². The van der Waals surface area contributed by atoms with Gasteiger partial charge in [-0.15, -0.1) is 0 Å². The molecule has 1 aromatic rings. The number of nitrogens with zero attached hydrogens (tertiary/aromatic N) is 1. The van der Waals surface area contributed by atoms with Gasteiger partial charge in [0.25, 0.3) is 0 Å². The van der Waals surface area contributed by atoms with Crippen molar-refractivity contribution in [2.24, 2.45) is 5.73 Å². The highest BCUT2D eigenvalue weighted by molar-refractivity contribution is 5.55. The van der Waals surface area contributed by atoms with Crippen molar-refractivity contribution in [3.63, 3.8) is 0 Å². The van der Waals surface area contributed by atoms with Gasteiger partial charge in [-0.05, 0) is 50.5 Å². The van der Waals surface area contributed by atoms with E-state index in [1.54, 1.807) is 6.07 Å². The monoisotopic (exact) mass is 252 g/mol. The maximum atomic E-state index is 13.3. The van der Waals surface area contributed by atoms with Gasteiger partial charge in [-0.25, -0.2) is 4.39 Å². The first-order chi connectivity index (χ1) is 8.39. The lowest BCUT2D eigenvalue weighted by molar-refractivity contribution is 0.0449. The van der Waals surface area contributed by atoms with E-state index in [4.69, 9.17) is 5.73 Å². The van der Waals surface area contributed by atoms with E-state index in [9.17, 15) is 9.50 Å². The van der Waals surface area contributed by atoms with Gasteiger partial charge in [0.15, 0.2) is 0 Å². The molecule has 0 bridgehead atoms. The predicted octanol–water partition coefficient (Wildman–Crippen LogP) is 2.20. The Morgan fingerprint density at radius 3 is 2.83 bits per heavy atom. The quantitative estimate of drug-likeness (QED) is 0.848. The van der Waals surface area contributed by atoms with Crippen LogP contribution in [0.1, 0.15) is 38.3 Å². The van der Waals surface area contributed by atoms with E-state index in [0.29, 0.717) is 6.54 Å². The fourth-order valence-electron chi connectivity index (χ4n) is 2.60. The molecule has 2 atom stereocenters. The topological polar surface area (TPSA) is 49.5 Å². The molecule has 1 fully saturated rings. The van der Waals surface area contributed by atoms with E-state index in [1.807, 2.05) is 13.8 Å². The molecule has 1 aliphatic rings. The van der Waals surface area contributed by atoms with Crippen LogP contribution in [0.3, 0.4) is 0 Å². The van der Waals surface area contributed by atoms with Crippen molar-refractivity contribution >= 4 is 5.69 Å². The summed E-state index contributed by atoms with van der Waals surface area (Å²) in [6.07, 6.45) is 1.74. The van der Waals surface area contributed by atoms with Gasteiger partial charge in [0.1, 0.15) is 5.82 Å². The van der Waals surface area contributed by atoms with Crippen LogP contribution in [0.5, 0.6) is 0 Å². The SMILES string of the molecule is C[C@H](N)c1cc(F)ccc1N1CCCC(C)(O)C1. The predicted molar refractivity (Wildman–Crippen MR) is 71.1 cm³/mol. The zero-order valence-electron chi connectivity index (χ0n) is 11.0. The smallest absolute Gasteiger partial charge is 0.123 e. The van der Waals surface area contributed by atoms with Crippen LogP contribution in [0, 0.1) is 5.82 Å². The van der Waals surface area contributed by atoms with E-state index in [1.165, 1.54) is 12.1 Å².